The first kappa shape index (κ1) is 15.7. The van der Waals surface area contributed by atoms with E-state index in [4.69, 9.17) is 11.6 Å². The van der Waals surface area contributed by atoms with Gasteiger partial charge in [0.1, 0.15) is 0 Å². The molecule has 0 spiro atoms. The lowest BCUT2D eigenvalue weighted by Gasteiger charge is -2.07. The number of carboxylic acid groups (broad SMARTS) is 1. The van der Waals surface area contributed by atoms with Crippen molar-refractivity contribution in [3.63, 3.8) is 0 Å². The second kappa shape index (κ2) is 6.41. The van der Waals surface area contributed by atoms with Gasteiger partial charge in [0.2, 0.25) is 0 Å². The molecule has 0 atom stereocenters. The molecule has 0 aliphatic carbocycles. The summed E-state index contributed by atoms with van der Waals surface area (Å²) in [5, 5.41) is 9.73. The van der Waals surface area contributed by atoms with Gasteiger partial charge in [0.25, 0.3) is 0 Å². The predicted molar refractivity (Wildman–Crippen MR) is 79.6 cm³/mol. The zero-order valence-corrected chi connectivity index (χ0v) is 12.3. The lowest BCUT2D eigenvalue weighted by atomic mass is 9.96. The first-order chi connectivity index (χ1) is 10.4. The zero-order chi connectivity index (χ0) is 16.3. The van der Waals surface area contributed by atoms with Gasteiger partial charge in [0, 0.05) is 16.1 Å². The molecule has 0 bridgehead atoms. The highest BCUT2D eigenvalue weighted by Crippen LogP contribution is 2.19. The molecule has 0 saturated heterocycles. The normalized spacial score (nSPS) is 10.1. The molecule has 0 radical (unpaired) electrons. The Balaban J connectivity index is 2.50. The van der Waals surface area contributed by atoms with Crippen molar-refractivity contribution in [2.24, 2.45) is 0 Å². The molecule has 2 rings (SSSR count). The van der Waals surface area contributed by atoms with E-state index in [0.29, 0.717) is 10.6 Å². The number of hydrogen-bond acceptors (Lipinski definition) is 4. The third kappa shape index (κ3) is 3.15. The molecule has 0 heterocycles. The minimum absolute atomic E-state index is 0.0116. The maximum absolute atomic E-state index is 12.4. The smallest absolute Gasteiger partial charge is 0.337 e. The number of carboxylic acids is 1. The molecule has 5 nitrogen and oxygen atoms in total. The van der Waals surface area contributed by atoms with Crippen LogP contribution in [0, 0.1) is 0 Å². The Hall–Kier alpha value is -2.66. The Morgan fingerprint density at radius 2 is 1.55 bits per heavy atom. The molecule has 0 saturated carbocycles. The number of carbonyl (C=O) groups excluding carboxylic acids is 2. The summed E-state index contributed by atoms with van der Waals surface area (Å²) in [7, 11) is 1.19. The molecular formula is C16H11ClO5. The number of halogens is 1. The average Bonchev–Trinajstić information content (AvgIpc) is 2.53. The summed E-state index contributed by atoms with van der Waals surface area (Å²) in [5.74, 6) is -2.44. The average molecular weight is 319 g/mol. The first-order valence-electron chi connectivity index (χ1n) is 6.20. The largest absolute Gasteiger partial charge is 0.478 e. The molecule has 0 aliphatic heterocycles. The van der Waals surface area contributed by atoms with Gasteiger partial charge >= 0.3 is 11.9 Å². The maximum atomic E-state index is 12.4. The standard InChI is InChI=1S/C16H11ClO5/c1-22-16(21)10-4-7-12(13(8-10)15(19)20)14(18)9-2-5-11(17)6-3-9/h2-8H,1H3,(H,19,20). The Morgan fingerprint density at radius 1 is 0.955 bits per heavy atom. The second-order valence-electron chi connectivity index (χ2n) is 4.39. The van der Waals surface area contributed by atoms with E-state index >= 15 is 0 Å². The lowest BCUT2D eigenvalue weighted by Crippen LogP contribution is -2.12. The molecule has 0 aliphatic rings. The molecule has 112 valence electrons. The van der Waals surface area contributed by atoms with Crippen molar-refractivity contribution in [2.75, 3.05) is 7.11 Å². The highest BCUT2D eigenvalue weighted by Gasteiger charge is 2.20. The fraction of sp³-hybridized carbons (Fsp3) is 0.0625. The Morgan fingerprint density at radius 3 is 2.09 bits per heavy atom. The summed E-state index contributed by atoms with van der Waals surface area (Å²) in [6.07, 6.45) is 0. The van der Waals surface area contributed by atoms with Crippen molar-refractivity contribution < 1.29 is 24.2 Å². The van der Waals surface area contributed by atoms with Crippen LogP contribution in [0.15, 0.2) is 42.5 Å². The SMILES string of the molecule is COC(=O)c1ccc(C(=O)c2ccc(Cl)cc2)c(C(=O)O)c1. The van der Waals surface area contributed by atoms with Crippen LogP contribution in [0.1, 0.15) is 36.6 Å². The number of ketones is 1. The van der Waals surface area contributed by atoms with E-state index in [1.54, 1.807) is 0 Å². The van der Waals surface area contributed by atoms with E-state index in [2.05, 4.69) is 4.74 Å². The maximum Gasteiger partial charge on any atom is 0.337 e. The third-order valence-electron chi connectivity index (χ3n) is 3.02. The minimum Gasteiger partial charge on any atom is -0.478 e. The van der Waals surface area contributed by atoms with E-state index in [1.807, 2.05) is 0 Å². The number of esters is 1. The molecule has 6 heteroatoms. The van der Waals surface area contributed by atoms with E-state index in [-0.39, 0.29) is 16.7 Å². The van der Waals surface area contributed by atoms with Crippen LogP contribution >= 0.6 is 11.6 Å². The van der Waals surface area contributed by atoms with E-state index < -0.39 is 17.7 Å². The second-order valence-corrected chi connectivity index (χ2v) is 4.83. The van der Waals surface area contributed by atoms with Gasteiger partial charge in [0.15, 0.2) is 5.78 Å². The fourth-order valence-corrected chi connectivity index (χ4v) is 2.05. The Labute approximate surface area is 131 Å². The molecule has 2 aromatic rings. The van der Waals surface area contributed by atoms with Crippen LogP contribution in [0.5, 0.6) is 0 Å². The van der Waals surface area contributed by atoms with Gasteiger partial charge in [-0.05, 0) is 42.5 Å². The molecule has 0 aromatic heterocycles. The number of aromatic carboxylic acids is 1. The van der Waals surface area contributed by atoms with Gasteiger partial charge in [-0.1, -0.05) is 11.6 Å². The van der Waals surface area contributed by atoms with Crippen LogP contribution in [-0.4, -0.2) is 29.9 Å². The lowest BCUT2D eigenvalue weighted by molar-refractivity contribution is 0.0600. The van der Waals surface area contributed by atoms with Crippen molar-refractivity contribution in [3.8, 4) is 0 Å². The van der Waals surface area contributed by atoms with Crippen molar-refractivity contribution in [1.82, 2.24) is 0 Å². The highest BCUT2D eigenvalue weighted by atomic mass is 35.5. The molecule has 0 amide bonds. The molecule has 2 aromatic carbocycles. The highest BCUT2D eigenvalue weighted by molar-refractivity contribution is 6.30. The van der Waals surface area contributed by atoms with E-state index in [0.717, 1.165) is 6.07 Å². The molecule has 22 heavy (non-hydrogen) atoms. The summed E-state index contributed by atoms with van der Waals surface area (Å²) < 4.78 is 4.54. The quantitative estimate of drug-likeness (QED) is 0.692. The van der Waals surface area contributed by atoms with Crippen molar-refractivity contribution >= 4 is 29.3 Å². The van der Waals surface area contributed by atoms with Gasteiger partial charge in [-0.15, -0.1) is 0 Å². The summed E-state index contributed by atoms with van der Waals surface area (Å²) in [6.45, 7) is 0. The van der Waals surface area contributed by atoms with Gasteiger partial charge in [-0.2, -0.15) is 0 Å². The van der Waals surface area contributed by atoms with Crippen LogP contribution in [0.25, 0.3) is 0 Å². The molecular weight excluding hydrogens is 308 g/mol. The summed E-state index contributed by atoms with van der Waals surface area (Å²) >= 11 is 5.76. The third-order valence-corrected chi connectivity index (χ3v) is 3.27. The summed E-state index contributed by atoms with van der Waals surface area (Å²) in [5.41, 5.74) is 0.0931. The number of hydrogen-bond donors (Lipinski definition) is 1. The zero-order valence-electron chi connectivity index (χ0n) is 11.5. The van der Waals surface area contributed by atoms with Gasteiger partial charge in [-0.25, -0.2) is 9.59 Å². The fourth-order valence-electron chi connectivity index (χ4n) is 1.92. The van der Waals surface area contributed by atoms with Crippen molar-refractivity contribution in [3.05, 3.63) is 69.7 Å². The van der Waals surface area contributed by atoms with Gasteiger partial charge in [0.05, 0.1) is 18.2 Å². The topological polar surface area (TPSA) is 80.7 Å². The number of benzene rings is 2. The number of methoxy groups -OCH3 is 1. The summed E-state index contributed by atoms with van der Waals surface area (Å²) in [4.78, 5) is 35.2. The van der Waals surface area contributed by atoms with Gasteiger partial charge in [-0.3, -0.25) is 4.79 Å². The van der Waals surface area contributed by atoms with Gasteiger partial charge < -0.3 is 9.84 Å². The monoisotopic (exact) mass is 318 g/mol. The van der Waals surface area contributed by atoms with Crippen LogP contribution < -0.4 is 0 Å². The van der Waals surface area contributed by atoms with Crippen LogP contribution in [0.4, 0.5) is 0 Å². The molecule has 0 unspecified atom stereocenters. The van der Waals surface area contributed by atoms with Crippen LogP contribution in [-0.2, 0) is 4.74 Å². The van der Waals surface area contributed by atoms with Crippen molar-refractivity contribution in [2.45, 2.75) is 0 Å². The number of ether oxygens (including phenoxy) is 1. The Bertz CT molecular complexity index is 750. The van der Waals surface area contributed by atoms with Crippen LogP contribution in [0.2, 0.25) is 5.02 Å². The summed E-state index contributed by atoms with van der Waals surface area (Å²) in [6, 6.07) is 9.86. The van der Waals surface area contributed by atoms with E-state index in [9.17, 15) is 19.5 Å². The Kier molecular flexibility index (Phi) is 4.58. The predicted octanol–water partition coefficient (Wildman–Crippen LogP) is 3.06. The number of rotatable bonds is 4. The molecule has 0 fully saturated rings. The van der Waals surface area contributed by atoms with Crippen molar-refractivity contribution in [1.29, 1.82) is 0 Å². The number of carbonyl (C=O) groups is 3. The minimum atomic E-state index is -1.30. The van der Waals surface area contributed by atoms with Crippen LogP contribution in [0.3, 0.4) is 0 Å². The molecule has 1 N–H and O–H groups in total. The first-order valence-corrected chi connectivity index (χ1v) is 6.57. The van der Waals surface area contributed by atoms with E-state index in [1.165, 1.54) is 43.5 Å².